The Balaban J connectivity index is 2.12. The Hall–Kier alpha value is -1.35. The van der Waals surface area contributed by atoms with Crippen molar-refractivity contribution in [3.63, 3.8) is 0 Å². The smallest absolute Gasteiger partial charge is 0.219 e. The first-order valence-electron chi connectivity index (χ1n) is 6.65. The van der Waals surface area contributed by atoms with Crippen molar-refractivity contribution in [1.29, 1.82) is 0 Å². The number of benzene rings is 1. The summed E-state index contributed by atoms with van der Waals surface area (Å²) < 4.78 is 26.2. The van der Waals surface area contributed by atoms with Crippen molar-refractivity contribution in [3.8, 4) is 12.3 Å². The maximum atomic E-state index is 12.4. The highest BCUT2D eigenvalue weighted by molar-refractivity contribution is 7.88. The first kappa shape index (κ1) is 15.0. The van der Waals surface area contributed by atoms with Gasteiger partial charge in [0.25, 0.3) is 0 Å². The highest BCUT2D eigenvalue weighted by atomic mass is 32.2. The monoisotopic (exact) mass is 293 g/mol. The molecule has 1 aliphatic carbocycles. The molecule has 4 nitrogen and oxygen atoms in total. The number of aliphatic hydroxyl groups is 1. The average Bonchev–Trinajstić information content (AvgIpc) is 3.22. The zero-order valence-corrected chi connectivity index (χ0v) is 12.1. The molecule has 0 spiro atoms. The van der Waals surface area contributed by atoms with Gasteiger partial charge in [-0.25, -0.2) is 8.42 Å². The van der Waals surface area contributed by atoms with Crippen molar-refractivity contribution in [1.82, 2.24) is 4.31 Å². The Morgan fingerprint density at radius 2 is 2.05 bits per heavy atom. The molecule has 0 radical (unpaired) electrons. The minimum absolute atomic E-state index is 0.0742. The molecule has 108 valence electrons. The summed E-state index contributed by atoms with van der Waals surface area (Å²) in [5, 5.41) is 9.09. The molecule has 5 heteroatoms. The van der Waals surface area contributed by atoms with Gasteiger partial charge in [-0.3, -0.25) is 0 Å². The molecule has 1 saturated carbocycles. The molecule has 20 heavy (non-hydrogen) atoms. The van der Waals surface area contributed by atoms with Crippen molar-refractivity contribution < 1.29 is 13.5 Å². The average molecular weight is 293 g/mol. The minimum Gasteiger partial charge on any atom is -0.392 e. The molecule has 1 aromatic rings. The first-order valence-corrected chi connectivity index (χ1v) is 8.26. The van der Waals surface area contributed by atoms with E-state index in [-0.39, 0.29) is 18.9 Å². The summed E-state index contributed by atoms with van der Waals surface area (Å²) >= 11 is 0. The van der Waals surface area contributed by atoms with Crippen LogP contribution in [0.25, 0.3) is 0 Å². The van der Waals surface area contributed by atoms with Gasteiger partial charge in [0.05, 0.1) is 18.9 Å². The lowest BCUT2D eigenvalue weighted by atomic mass is 10.1. The zero-order valence-electron chi connectivity index (χ0n) is 11.3. The molecular weight excluding hydrogens is 274 g/mol. The van der Waals surface area contributed by atoms with Crippen molar-refractivity contribution in [3.05, 3.63) is 35.4 Å². The quantitative estimate of drug-likeness (QED) is 0.772. The lowest BCUT2D eigenvalue weighted by molar-refractivity contribution is 0.281. The van der Waals surface area contributed by atoms with Crippen LogP contribution in [0.4, 0.5) is 0 Å². The van der Waals surface area contributed by atoms with Crippen LogP contribution in [0.1, 0.15) is 24.0 Å². The third kappa shape index (κ3) is 4.07. The molecule has 0 unspecified atom stereocenters. The highest BCUT2D eigenvalue weighted by Gasteiger charge is 2.30. The van der Waals surface area contributed by atoms with Crippen molar-refractivity contribution in [2.24, 2.45) is 5.92 Å². The number of nitrogens with zero attached hydrogens (tertiary/aromatic N) is 1. The SMILES string of the molecule is C#CCN(CC1CC1)S(=O)(=O)Cc1cccc(CO)c1. The standard InChI is InChI=1S/C15H19NO3S/c1-2-8-16(10-13-6-7-13)20(18,19)12-15-5-3-4-14(9-15)11-17/h1,3-5,9,13,17H,6-8,10-12H2. The predicted molar refractivity (Wildman–Crippen MR) is 78.1 cm³/mol. The van der Waals surface area contributed by atoms with Crippen LogP contribution in [0, 0.1) is 18.3 Å². The topological polar surface area (TPSA) is 57.6 Å². The van der Waals surface area contributed by atoms with Crippen molar-refractivity contribution >= 4 is 10.0 Å². The highest BCUT2D eigenvalue weighted by Crippen LogP contribution is 2.30. The van der Waals surface area contributed by atoms with Crippen molar-refractivity contribution in [2.75, 3.05) is 13.1 Å². The zero-order chi connectivity index (χ0) is 14.6. The lowest BCUT2D eigenvalue weighted by Crippen LogP contribution is -2.34. The van der Waals surface area contributed by atoms with E-state index in [0.29, 0.717) is 23.6 Å². The Morgan fingerprint density at radius 1 is 1.35 bits per heavy atom. The van der Waals surface area contributed by atoms with Gasteiger partial charge in [-0.15, -0.1) is 6.42 Å². The van der Waals surface area contributed by atoms with Gasteiger partial charge in [0.15, 0.2) is 0 Å². The van der Waals surface area contributed by atoms with Gasteiger partial charge in [0.1, 0.15) is 0 Å². The number of hydrogen-bond acceptors (Lipinski definition) is 3. The summed E-state index contributed by atoms with van der Waals surface area (Å²) in [5.74, 6) is 2.81. The predicted octanol–water partition coefficient (Wildman–Crippen LogP) is 1.35. The Morgan fingerprint density at radius 3 is 2.65 bits per heavy atom. The van der Waals surface area contributed by atoms with Gasteiger partial charge in [-0.1, -0.05) is 30.2 Å². The number of terminal acetylenes is 1. The van der Waals surface area contributed by atoms with Crippen LogP contribution in [0.2, 0.25) is 0 Å². The van der Waals surface area contributed by atoms with Crippen LogP contribution in [0.15, 0.2) is 24.3 Å². The van der Waals surface area contributed by atoms with Crippen LogP contribution in [-0.4, -0.2) is 30.9 Å². The maximum absolute atomic E-state index is 12.4. The van der Waals surface area contributed by atoms with E-state index in [2.05, 4.69) is 5.92 Å². The lowest BCUT2D eigenvalue weighted by Gasteiger charge is -2.19. The number of sulfonamides is 1. The maximum Gasteiger partial charge on any atom is 0.219 e. The van der Waals surface area contributed by atoms with Gasteiger partial charge >= 0.3 is 0 Å². The van der Waals surface area contributed by atoms with E-state index in [1.807, 2.05) is 0 Å². The molecule has 1 aliphatic rings. The third-order valence-corrected chi connectivity index (χ3v) is 5.11. The molecule has 0 saturated heterocycles. The molecule has 0 atom stereocenters. The molecule has 1 fully saturated rings. The van der Waals surface area contributed by atoms with Gasteiger partial charge in [0, 0.05) is 6.54 Å². The molecule has 2 rings (SSSR count). The Kier molecular flexibility index (Phi) is 4.81. The number of hydrogen-bond donors (Lipinski definition) is 1. The fraction of sp³-hybridized carbons (Fsp3) is 0.467. The van der Waals surface area contributed by atoms with Gasteiger partial charge in [-0.05, 0) is 29.9 Å². The second-order valence-electron chi connectivity index (χ2n) is 5.17. The van der Waals surface area contributed by atoms with E-state index < -0.39 is 10.0 Å². The largest absolute Gasteiger partial charge is 0.392 e. The summed E-state index contributed by atoms with van der Waals surface area (Å²) in [7, 11) is -3.41. The van der Waals surface area contributed by atoms with Gasteiger partial charge in [-0.2, -0.15) is 4.31 Å². The summed E-state index contributed by atoms with van der Waals surface area (Å²) in [5.41, 5.74) is 1.39. The number of rotatable bonds is 7. The second kappa shape index (κ2) is 6.40. The summed E-state index contributed by atoms with van der Waals surface area (Å²) in [4.78, 5) is 0. The van der Waals surface area contributed by atoms with Gasteiger partial charge in [0.2, 0.25) is 10.0 Å². The van der Waals surface area contributed by atoms with E-state index in [1.165, 1.54) is 4.31 Å². The van der Waals surface area contributed by atoms with Crippen molar-refractivity contribution in [2.45, 2.75) is 25.2 Å². The fourth-order valence-corrected chi connectivity index (χ4v) is 3.58. The van der Waals surface area contributed by atoms with Crippen LogP contribution >= 0.6 is 0 Å². The molecule has 0 aromatic heterocycles. The normalized spacial score (nSPS) is 15.2. The number of aliphatic hydroxyl groups excluding tert-OH is 1. The molecule has 0 aliphatic heterocycles. The van der Waals surface area contributed by atoms with E-state index in [0.717, 1.165) is 12.8 Å². The van der Waals surface area contributed by atoms with Gasteiger partial charge < -0.3 is 5.11 Å². The molecule has 1 N–H and O–H groups in total. The molecule has 0 amide bonds. The van der Waals surface area contributed by atoms with E-state index >= 15 is 0 Å². The summed E-state index contributed by atoms with van der Waals surface area (Å²) in [6.45, 7) is 0.550. The van der Waals surface area contributed by atoms with Crippen LogP contribution in [0.3, 0.4) is 0 Å². The van der Waals surface area contributed by atoms with Crippen LogP contribution in [0.5, 0.6) is 0 Å². The third-order valence-electron chi connectivity index (χ3n) is 3.34. The minimum atomic E-state index is -3.41. The molecule has 0 bridgehead atoms. The summed E-state index contributed by atoms with van der Waals surface area (Å²) in [6, 6.07) is 6.98. The fourth-order valence-electron chi connectivity index (χ4n) is 2.09. The van der Waals surface area contributed by atoms with E-state index in [1.54, 1.807) is 24.3 Å². The molecule has 0 heterocycles. The molecule has 1 aromatic carbocycles. The van der Waals surface area contributed by atoms with E-state index in [9.17, 15) is 8.42 Å². The Labute approximate surface area is 120 Å². The van der Waals surface area contributed by atoms with Crippen LogP contribution < -0.4 is 0 Å². The first-order chi connectivity index (χ1) is 9.55. The Bertz CT molecular complexity index is 600. The molecular formula is C15H19NO3S. The second-order valence-corrected chi connectivity index (χ2v) is 7.14. The summed E-state index contributed by atoms with van der Waals surface area (Å²) in [6.07, 6.45) is 7.43. The van der Waals surface area contributed by atoms with Crippen LogP contribution in [-0.2, 0) is 22.4 Å². The van der Waals surface area contributed by atoms with E-state index in [4.69, 9.17) is 11.5 Å².